The minimum Gasteiger partial charge on any atom is -0.375 e. The zero-order valence-electron chi connectivity index (χ0n) is 16.9. The normalized spacial score (nSPS) is 11.0. The Balaban J connectivity index is 1.55. The number of carbonyl (C=O) groups is 2. The van der Waals surface area contributed by atoms with Gasteiger partial charge in [-0.15, -0.1) is 11.3 Å². The molecule has 6 nitrogen and oxygen atoms in total. The molecular formula is C23H21N3O3S. The van der Waals surface area contributed by atoms with E-state index in [4.69, 9.17) is 4.74 Å². The summed E-state index contributed by atoms with van der Waals surface area (Å²) in [4.78, 5) is 29.3. The number of anilines is 1. The van der Waals surface area contributed by atoms with E-state index in [-0.39, 0.29) is 18.4 Å². The number of rotatable bonds is 5. The van der Waals surface area contributed by atoms with E-state index in [0.29, 0.717) is 10.7 Å². The van der Waals surface area contributed by atoms with Gasteiger partial charge in [0.1, 0.15) is 6.61 Å². The van der Waals surface area contributed by atoms with Crippen molar-refractivity contribution in [2.75, 3.05) is 19.0 Å². The molecule has 30 heavy (non-hydrogen) atoms. The molecule has 7 heteroatoms. The van der Waals surface area contributed by atoms with Crippen LogP contribution in [0.5, 0.6) is 0 Å². The van der Waals surface area contributed by atoms with Gasteiger partial charge in [-0.05, 0) is 44.2 Å². The van der Waals surface area contributed by atoms with Gasteiger partial charge in [-0.2, -0.15) is 0 Å². The number of methoxy groups -OCH3 is 1. The van der Waals surface area contributed by atoms with Gasteiger partial charge in [-0.25, -0.2) is 4.98 Å². The fourth-order valence-corrected chi connectivity index (χ4v) is 4.17. The lowest BCUT2D eigenvalue weighted by molar-refractivity contribution is 0.0767. The lowest BCUT2D eigenvalue weighted by Crippen LogP contribution is -2.14. The molecule has 0 fully saturated rings. The van der Waals surface area contributed by atoms with Crippen LogP contribution in [0.4, 0.5) is 5.13 Å². The largest absolute Gasteiger partial charge is 0.375 e. The standard InChI is InChI=1S/C23H21N3O3S/c1-14-8-15(2)10-18(9-14)22(28)25-23-24-19(13-30-23)16-4-5-20-17(11-16)6-7-26(20)21(27)12-29-3/h4-11,13H,12H2,1-3H3,(H,24,25,28). The molecule has 1 N–H and O–H groups in total. The monoisotopic (exact) mass is 419 g/mol. The molecular weight excluding hydrogens is 398 g/mol. The summed E-state index contributed by atoms with van der Waals surface area (Å²) in [7, 11) is 1.50. The molecule has 4 rings (SSSR count). The summed E-state index contributed by atoms with van der Waals surface area (Å²) in [5.41, 5.74) is 5.22. The second-order valence-corrected chi connectivity index (χ2v) is 8.01. The van der Waals surface area contributed by atoms with E-state index in [1.807, 2.05) is 61.7 Å². The second kappa shape index (κ2) is 8.22. The summed E-state index contributed by atoms with van der Waals surface area (Å²) in [6.45, 7) is 3.97. The topological polar surface area (TPSA) is 73.2 Å². The van der Waals surface area contributed by atoms with Crippen LogP contribution >= 0.6 is 11.3 Å². The molecule has 2 aromatic carbocycles. The quantitative estimate of drug-likeness (QED) is 0.498. The molecule has 0 aliphatic rings. The van der Waals surface area contributed by atoms with Gasteiger partial charge in [0.2, 0.25) is 0 Å². The first kappa shape index (κ1) is 20.0. The van der Waals surface area contributed by atoms with E-state index >= 15 is 0 Å². The summed E-state index contributed by atoms with van der Waals surface area (Å²) >= 11 is 1.38. The predicted octanol–water partition coefficient (Wildman–Crippen LogP) is 4.92. The fourth-order valence-electron chi connectivity index (χ4n) is 3.45. The van der Waals surface area contributed by atoms with Crippen LogP contribution in [0.1, 0.15) is 26.3 Å². The third kappa shape index (κ3) is 4.03. The van der Waals surface area contributed by atoms with Crippen molar-refractivity contribution in [3.8, 4) is 11.3 Å². The van der Waals surface area contributed by atoms with Gasteiger partial charge in [-0.3, -0.25) is 19.5 Å². The molecule has 0 bridgehead atoms. The first-order valence-electron chi connectivity index (χ1n) is 9.43. The molecule has 0 saturated carbocycles. The molecule has 0 radical (unpaired) electrons. The number of ether oxygens (including phenoxy) is 1. The Morgan fingerprint density at radius 3 is 2.60 bits per heavy atom. The van der Waals surface area contributed by atoms with Crippen LogP contribution in [-0.4, -0.2) is 35.1 Å². The maximum absolute atomic E-state index is 12.6. The number of thiazole rings is 1. The van der Waals surface area contributed by atoms with Crippen LogP contribution in [0.25, 0.3) is 22.2 Å². The molecule has 0 aliphatic heterocycles. The first-order chi connectivity index (χ1) is 14.4. The summed E-state index contributed by atoms with van der Waals surface area (Å²) in [5, 5.41) is 6.27. The molecule has 0 saturated heterocycles. The molecule has 1 amide bonds. The first-order valence-corrected chi connectivity index (χ1v) is 10.3. The lowest BCUT2D eigenvalue weighted by atomic mass is 10.1. The zero-order valence-corrected chi connectivity index (χ0v) is 17.7. The Kier molecular flexibility index (Phi) is 5.48. The molecule has 0 aliphatic carbocycles. The van der Waals surface area contributed by atoms with Crippen LogP contribution in [0.2, 0.25) is 0 Å². The predicted molar refractivity (Wildman–Crippen MR) is 119 cm³/mol. The Bertz CT molecular complexity index is 1240. The van der Waals surface area contributed by atoms with Crippen LogP contribution in [0.3, 0.4) is 0 Å². The van der Waals surface area contributed by atoms with Crippen LogP contribution in [-0.2, 0) is 4.74 Å². The number of nitrogens with zero attached hydrogens (tertiary/aromatic N) is 2. The Hall–Kier alpha value is -3.29. The fraction of sp³-hybridized carbons (Fsp3) is 0.174. The van der Waals surface area contributed by atoms with Crippen molar-refractivity contribution in [2.45, 2.75) is 13.8 Å². The molecule has 4 aromatic rings. The van der Waals surface area contributed by atoms with E-state index in [0.717, 1.165) is 33.3 Å². The van der Waals surface area contributed by atoms with Crippen molar-refractivity contribution in [1.82, 2.24) is 9.55 Å². The van der Waals surface area contributed by atoms with Gasteiger partial charge in [0.25, 0.3) is 11.8 Å². The molecule has 152 valence electrons. The smallest absolute Gasteiger partial charge is 0.257 e. The highest BCUT2D eigenvalue weighted by Gasteiger charge is 2.13. The number of aryl methyl sites for hydroxylation is 2. The summed E-state index contributed by atoms with van der Waals surface area (Å²) in [6.07, 6.45) is 1.74. The van der Waals surface area contributed by atoms with E-state index in [2.05, 4.69) is 10.3 Å². The highest BCUT2D eigenvalue weighted by Crippen LogP contribution is 2.28. The van der Waals surface area contributed by atoms with Crippen LogP contribution in [0.15, 0.2) is 54.0 Å². The van der Waals surface area contributed by atoms with Crippen molar-refractivity contribution in [3.63, 3.8) is 0 Å². The van der Waals surface area contributed by atoms with Gasteiger partial charge in [0.05, 0.1) is 11.2 Å². The third-order valence-corrected chi connectivity index (χ3v) is 5.49. The van der Waals surface area contributed by atoms with E-state index in [9.17, 15) is 9.59 Å². The number of hydrogen-bond donors (Lipinski definition) is 1. The van der Waals surface area contributed by atoms with Crippen molar-refractivity contribution in [3.05, 3.63) is 70.7 Å². The molecule has 0 atom stereocenters. The van der Waals surface area contributed by atoms with Gasteiger partial charge < -0.3 is 4.74 Å². The maximum atomic E-state index is 12.6. The minimum atomic E-state index is -0.174. The van der Waals surface area contributed by atoms with Crippen molar-refractivity contribution < 1.29 is 14.3 Å². The van der Waals surface area contributed by atoms with Crippen molar-refractivity contribution in [1.29, 1.82) is 0 Å². The Morgan fingerprint density at radius 1 is 1.10 bits per heavy atom. The number of carbonyl (C=O) groups excluding carboxylic acids is 2. The number of fused-ring (bicyclic) bond motifs is 1. The highest BCUT2D eigenvalue weighted by atomic mass is 32.1. The van der Waals surface area contributed by atoms with Gasteiger partial charge >= 0.3 is 0 Å². The minimum absolute atomic E-state index is 0.0289. The second-order valence-electron chi connectivity index (χ2n) is 7.15. The number of aromatic nitrogens is 2. The van der Waals surface area contributed by atoms with Crippen LogP contribution in [0, 0.1) is 13.8 Å². The highest BCUT2D eigenvalue weighted by molar-refractivity contribution is 7.14. The van der Waals surface area contributed by atoms with Gasteiger partial charge in [0.15, 0.2) is 5.13 Å². The number of nitrogens with one attached hydrogen (secondary N) is 1. The third-order valence-electron chi connectivity index (χ3n) is 4.73. The van der Waals surface area contributed by atoms with E-state index in [1.165, 1.54) is 18.4 Å². The average molecular weight is 420 g/mol. The van der Waals surface area contributed by atoms with E-state index in [1.54, 1.807) is 10.8 Å². The zero-order chi connectivity index (χ0) is 21.3. The maximum Gasteiger partial charge on any atom is 0.257 e. The van der Waals surface area contributed by atoms with Crippen molar-refractivity contribution in [2.24, 2.45) is 0 Å². The molecule has 2 heterocycles. The Morgan fingerprint density at radius 2 is 1.87 bits per heavy atom. The molecule has 0 unspecified atom stereocenters. The number of benzene rings is 2. The SMILES string of the molecule is COCC(=O)n1ccc2cc(-c3csc(NC(=O)c4cc(C)cc(C)c4)n3)ccc21. The summed E-state index contributed by atoms with van der Waals surface area (Å²) < 4.78 is 6.52. The van der Waals surface area contributed by atoms with Gasteiger partial charge in [0, 0.05) is 35.2 Å². The molecule has 2 aromatic heterocycles. The lowest BCUT2D eigenvalue weighted by Gasteiger charge is -2.05. The van der Waals surface area contributed by atoms with Crippen LogP contribution < -0.4 is 5.32 Å². The number of amides is 1. The summed E-state index contributed by atoms with van der Waals surface area (Å²) in [6, 6.07) is 13.4. The van der Waals surface area contributed by atoms with Crippen molar-refractivity contribution >= 4 is 39.2 Å². The average Bonchev–Trinajstić information content (AvgIpc) is 3.33. The number of hydrogen-bond acceptors (Lipinski definition) is 5. The Labute approximate surface area is 178 Å². The van der Waals surface area contributed by atoms with E-state index < -0.39 is 0 Å². The van der Waals surface area contributed by atoms with Gasteiger partial charge in [-0.1, -0.05) is 23.3 Å². The molecule has 0 spiro atoms. The summed E-state index contributed by atoms with van der Waals surface area (Å²) in [5.74, 6) is -0.294.